The van der Waals surface area contributed by atoms with Crippen molar-refractivity contribution in [2.24, 2.45) is 5.92 Å². The number of anilines is 2. The van der Waals surface area contributed by atoms with Gasteiger partial charge in [0, 0.05) is 11.8 Å². The quantitative estimate of drug-likeness (QED) is 0.506. The van der Waals surface area contributed by atoms with Gasteiger partial charge in [-0.3, -0.25) is 0 Å². The molecule has 0 saturated carbocycles. The lowest BCUT2D eigenvalue weighted by Gasteiger charge is -2.26. The predicted octanol–water partition coefficient (Wildman–Crippen LogP) is 0.343. The highest BCUT2D eigenvalue weighted by atomic mass is 32.2. The second-order valence-corrected chi connectivity index (χ2v) is 4.72. The third-order valence-electron chi connectivity index (χ3n) is 2.37. The average Bonchev–Trinajstić information content (AvgIpc) is 2.07. The third kappa shape index (κ3) is 2.97. The molecule has 0 unspecified atom stereocenters. The molecule has 1 aliphatic heterocycles. The largest absolute Gasteiger partial charge is 0.383 e. The Kier molecular flexibility index (Phi) is 3.27. The van der Waals surface area contributed by atoms with Gasteiger partial charge < -0.3 is 16.8 Å². The highest BCUT2D eigenvalue weighted by molar-refractivity contribution is 7.99. The molecule has 1 saturated heterocycles. The fourth-order valence-corrected chi connectivity index (χ4v) is 2.37. The standard InChI is InChI=1S/C9H15N5S/c10-7-3-8(11)14-9(13-7)15-2-1-6-4-12-5-6/h3,6,12H,1-2,4-5H2,(H4,10,11,13,14). The third-order valence-corrected chi connectivity index (χ3v) is 3.25. The Bertz CT molecular complexity index is 319. The van der Waals surface area contributed by atoms with Crippen molar-refractivity contribution in [1.29, 1.82) is 0 Å². The number of nitrogens with two attached hydrogens (primary N) is 2. The first-order valence-electron chi connectivity index (χ1n) is 4.97. The Balaban J connectivity index is 1.81. The molecule has 2 rings (SSSR count). The van der Waals surface area contributed by atoms with Gasteiger partial charge in [-0.15, -0.1) is 0 Å². The van der Waals surface area contributed by atoms with Gasteiger partial charge in [0.15, 0.2) is 5.16 Å². The fraction of sp³-hybridized carbons (Fsp3) is 0.556. The maximum Gasteiger partial charge on any atom is 0.191 e. The van der Waals surface area contributed by atoms with Crippen LogP contribution in [0.4, 0.5) is 11.6 Å². The molecule has 0 bridgehead atoms. The van der Waals surface area contributed by atoms with Crippen molar-refractivity contribution in [1.82, 2.24) is 15.3 Å². The molecule has 6 heteroatoms. The molecule has 15 heavy (non-hydrogen) atoms. The van der Waals surface area contributed by atoms with Crippen LogP contribution >= 0.6 is 11.8 Å². The van der Waals surface area contributed by atoms with E-state index in [1.807, 2.05) is 0 Å². The summed E-state index contributed by atoms with van der Waals surface area (Å²) in [6, 6.07) is 1.57. The van der Waals surface area contributed by atoms with E-state index in [1.165, 1.54) is 6.42 Å². The predicted molar refractivity (Wildman–Crippen MR) is 62.6 cm³/mol. The van der Waals surface area contributed by atoms with Gasteiger partial charge in [-0.2, -0.15) is 0 Å². The van der Waals surface area contributed by atoms with Crippen LogP contribution in [0.1, 0.15) is 6.42 Å². The Morgan fingerprint density at radius 3 is 2.53 bits per heavy atom. The monoisotopic (exact) mass is 225 g/mol. The van der Waals surface area contributed by atoms with Crippen LogP contribution in [-0.2, 0) is 0 Å². The van der Waals surface area contributed by atoms with E-state index in [4.69, 9.17) is 11.5 Å². The topological polar surface area (TPSA) is 89.9 Å². The summed E-state index contributed by atoms with van der Waals surface area (Å²) in [6.07, 6.45) is 1.19. The molecule has 1 aliphatic rings. The molecule has 0 atom stereocenters. The van der Waals surface area contributed by atoms with Crippen LogP contribution < -0.4 is 16.8 Å². The zero-order valence-corrected chi connectivity index (χ0v) is 9.26. The van der Waals surface area contributed by atoms with Crippen LogP contribution in [0.15, 0.2) is 11.2 Å². The van der Waals surface area contributed by atoms with Crippen LogP contribution in [0.3, 0.4) is 0 Å². The van der Waals surface area contributed by atoms with Crippen molar-refractivity contribution in [2.45, 2.75) is 11.6 Å². The first kappa shape index (κ1) is 10.5. The van der Waals surface area contributed by atoms with E-state index in [-0.39, 0.29) is 0 Å². The lowest BCUT2D eigenvalue weighted by molar-refractivity contribution is 0.341. The van der Waals surface area contributed by atoms with Crippen molar-refractivity contribution < 1.29 is 0 Å². The highest BCUT2D eigenvalue weighted by Crippen LogP contribution is 2.20. The summed E-state index contributed by atoms with van der Waals surface area (Å²) in [4.78, 5) is 8.22. The maximum atomic E-state index is 5.57. The minimum Gasteiger partial charge on any atom is -0.383 e. The van der Waals surface area contributed by atoms with Crippen molar-refractivity contribution >= 4 is 23.4 Å². The second-order valence-electron chi connectivity index (χ2n) is 3.66. The van der Waals surface area contributed by atoms with Crippen LogP contribution in [0.25, 0.3) is 0 Å². The van der Waals surface area contributed by atoms with E-state index in [2.05, 4.69) is 15.3 Å². The Morgan fingerprint density at radius 1 is 1.33 bits per heavy atom. The van der Waals surface area contributed by atoms with Crippen LogP contribution in [0.2, 0.25) is 0 Å². The minimum absolute atomic E-state index is 0.440. The lowest BCUT2D eigenvalue weighted by atomic mass is 10.0. The van der Waals surface area contributed by atoms with Crippen LogP contribution in [0.5, 0.6) is 0 Å². The fourth-order valence-electron chi connectivity index (χ4n) is 1.40. The minimum atomic E-state index is 0.440. The molecule has 0 amide bonds. The van der Waals surface area contributed by atoms with Gasteiger partial charge in [0.2, 0.25) is 0 Å². The van der Waals surface area contributed by atoms with Crippen LogP contribution in [-0.4, -0.2) is 28.8 Å². The number of nitrogen functional groups attached to an aromatic ring is 2. The van der Waals surface area contributed by atoms with E-state index in [0.29, 0.717) is 16.8 Å². The average molecular weight is 225 g/mol. The van der Waals surface area contributed by atoms with E-state index in [1.54, 1.807) is 17.8 Å². The molecule has 1 aromatic rings. The number of thioether (sulfide) groups is 1. The van der Waals surface area contributed by atoms with Gasteiger partial charge in [-0.05, 0) is 25.4 Å². The van der Waals surface area contributed by atoms with Crippen molar-refractivity contribution in [3.63, 3.8) is 0 Å². The first-order chi connectivity index (χ1) is 7.24. The number of aromatic nitrogens is 2. The van der Waals surface area contributed by atoms with Gasteiger partial charge in [-0.25, -0.2) is 9.97 Å². The second kappa shape index (κ2) is 4.67. The van der Waals surface area contributed by atoms with Crippen molar-refractivity contribution in [2.75, 3.05) is 30.3 Å². The Labute approximate surface area is 93.0 Å². The normalized spacial score (nSPS) is 16.3. The Morgan fingerprint density at radius 2 is 2.00 bits per heavy atom. The molecule has 1 aromatic heterocycles. The SMILES string of the molecule is Nc1cc(N)nc(SCCC2CNC2)n1. The van der Waals surface area contributed by atoms with E-state index < -0.39 is 0 Å². The van der Waals surface area contributed by atoms with E-state index >= 15 is 0 Å². The van der Waals surface area contributed by atoms with Gasteiger partial charge >= 0.3 is 0 Å². The van der Waals surface area contributed by atoms with Gasteiger partial charge in [-0.1, -0.05) is 11.8 Å². The van der Waals surface area contributed by atoms with Gasteiger partial charge in [0.25, 0.3) is 0 Å². The number of nitrogens with zero attached hydrogens (tertiary/aromatic N) is 2. The molecule has 0 radical (unpaired) electrons. The number of rotatable bonds is 4. The van der Waals surface area contributed by atoms with E-state index in [0.717, 1.165) is 24.8 Å². The number of nitrogens with one attached hydrogen (secondary N) is 1. The molecule has 82 valence electrons. The summed E-state index contributed by atoms with van der Waals surface area (Å²) in [5, 5.41) is 3.93. The van der Waals surface area contributed by atoms with Gasteiger partial charge in [0.1, 0.15) is 11.6 Å². The molecular formula is C9H15N5S. The van der Waals surface area contributed by atoms with Gasteiger partial charge in [0.05, 0.1) is 0 Å². The van der Waals surface area contributed by atoms with E-state index in [9.17, 15) is 0 Å². The number of hydrogen-bond donors (Lipinski definition) is 3. The summed E-state index contributed by atoms with van der Waals surface area (Å²) < 4.78 is 0. The maximum absolute atomic E-state index is 5.57. The van der Waals surface area contributed by atoms with Crippen molar-refractivity contribution in [3.8, 4) is 0 Å². The zero-order chi connectivity index (χ0) is 10.7. The smallest absolute Gasteiger partial charge is 0.191 e. The molecule has 0 spiro atoms. The summed E-state index contributed by atoms with van der Waals surface area (Å²) >= 11 is 1.62. The zero-order valence-electron chi connectivity index (χ0n) is 8.44. The highest BCUT2D eigenvalue weighted by Gasteiger charge is 2.16. The molecule has 1 fully saturated rings. The first-order valence-corrected chi connectivity index (χ1v) is 5.96. The molecule has 2 heterocycles. The summed E-state index contributed by atoms with van der Waals surface area (Å²) in [5.74, 6) is 2.72. The van der Waals surface area contributed by atoms with Crippen LogP contribution in [0, 0.1) is 5.92 Å². The molecule has 5 nitrogen and oxygen atoms in total. The summed E-state index contributed by atoms with van der Waals surface area (Å²) in [6.45, 7) is 2.28. The molecule has 0 aromatic carbocycles. The molecule has 5 N–H and O–H groups in total. The Hall–Kier alpha value is -1.01. The summed E-state index contributed by atoms with van der Waals surface area (Å²) in [7, 11) is 0. The summed E-state index contributed by atoms with van der Waals surface area (Å²) in [5.41, 5.74) is 11.1. The lowest BCUT2D eigenvalue weighted by Crippen LogP contribution is -2.42. The molecular weight excluding hydrogens is 210 g/mol. The molecule has 0 aliphatic carbocycles. The number of hydrogen-bond acceptors (Lipinski definition) is 6. The van der Waals surface area contributed by atoms with Crippen molar-refractivity contribution in [3.05, 3.63) is 6.07 Å².